The summed E-state index contributed by atoms with van der Waals surface area (Å²) in [6, 6.07) is 13.2. The first-order chi connectivity index (χ1) is 14.6. The fourth-order valence-corrected chi connectivity index (χ4v) is 4.32. The predicted molar refractivity (Wildman–Crippen MR) is 114 cm³/mol. The summed E-state index contributed by atoms with van der Waals surface area (Å²) in [5.41, 5.74) is 2.23. The van der Waals surface area contributed by atoms with Gasteiger partial charge < -0.3 is 14.8 Å². The highest BCUT2D eigenvalue weighted by atomic mass is 32.2. The van der Waals surface area contributed by atoms with Crippen LogP contribution in [0.2, 0.25) is 0 Å². The number of ether oxygens (including phenoxy) is 2. The van der Waals surface area contributed by atoms with Crippen molar-refractivity contribution in [2.45, 2.75) is 30.7 Å². The number of para-hydroxylation sites is 1. The van der Waals surface area contributed by atoms with Crippen molar-refractivity contribution in [3.63, 3.8) is 0 Å². The number of anilines is 1. The number of hydrogen-bond donors (Lipinski definition) is 1. The van der Waals surface area contributed by atoms with E-state index in [4.69, 9.17) is 14.5 Å². The van der Waals surface area contributed by atoms with Crippen LogP contribution in [-0.2, 0) is 4.79 Å². The van der Waals surface area contributed by atoms with Crippen molar-refractivity contribution in [2.75, 3.05) is 12.1 Å². The van der Waals surface area contributed by atoms with E-state index in [0.717, 1.165) is 16.6 Å². The number of carbonyl (C=O) groups is 1. The molecule has 2 aromatic heterocycles. The normalized spacial score (nSPS) is 13.7. The summed E-state index contributed by atoms with van der Waals surface area (Å²) < 4.78 is 12.4. The van der Waals surface area contributed by atoms with Gasteiger partial charge in [-0.15, -0.1) is 5.10 Å². The molecule has 0 radical (unpaired) electrons. The Morgan fingerprint density at radius 1 is 1.20 bits per heavy atom. The highest BCUT2D eigenvalue weighted by Gasteiger charge is 2.23. The molecule has 0 saturated heterocycles. The van der Waals surface area contributed by atoms with Crippen molar-refractivity contribution in [1.82, 2.24) is 19.6 Å². The summed E-state index contributed by atoms with van der Waals surface area (Å²) in [6.45, 7) is 4.02. The van der Waals surface area contributed by atoms with E-state index in [2.05, 4.69) is 15.4 Å². The molecule has 0 bridgehead atoms. The lowest BCUT2D eigenvalue weighted by molar-refractivity contribution is -0.115. The molecule has 0 saturated carbocycles. The van der Waals surface area contributed by atoms with Gasteiger partial charge in [-0.2, -0.15) is 4.52 Å². The van der Waals surface area contributed by atoms with Crippen LogP contribution >= 0.6 is 11.8 Å². The monoisotopic (exact) mass is 421 g/mol. The van der Waals surface area contributed by atoms with Crippen LogP contribution in [0.4, 0.5) is 5.69 Å². The molecule has 0 aliphatic carbocycles. The SMILES string of the molecule is CC[C@H](Sc1nc2ccccc2c2nc(C)nn12)C(=O)Nc1ccc2c(c1)OCO2. The molecule has 1 amide bonds. The van der Waals surface area contributed by atoms with Crippen molar-refractivity contribution >= 4 is 39.9 Å². The van der Waals surface area contributed by atoms with E-state index in [1.165, 1.54) is 11.8 Å². The number of nitrogens with zero attached hydrogens (tertiary/aromatic N) is 4. The standard InChI is InChI=1S/C21H19N5O3S/c1-3-18(20(27)23-13-8-9-16-17(10-13)29-11-28-16)30-21-24-15-7-5-4-6-14(15)19-22-12(2)25-26(19)21/h4-10,18H,3,11H2,1-2H3,(H,23,27)/t18-/m0/s1. The quantitative estimate of drug-likeness (QED) is 0.387. The molecule has 1 aliphatic rings. The maximum atomic E-state index is 13.0. The molecule has 3 heterocycles. The van der Waals surface area contributed by atoms with Gasteiger partial charge >= 0.3 is 0 Å². The van der Waals surface area contributed by atoms with Gasteiger partial charge in [0.15, 0.2) is 22.3 Å². The van der Waals surface area contributed by atoms with Crippen LogP contribution in [0.15, 0.2) is 47.6 Å². The third-order valence-corrected chi connectivity index (χ3v) is 6.11. The van der Waals surface area contributed by atoms with E-state index >= 15 is 0 Å². The minimum Gasteiger partial charge on any atom is -0.454 e. The Bertz CT molecular complexity index is 1270. The number of rotatable bonds is 5. The number of carbonyl (C=O) groups excluding carboxylic acids is 1. The average Bonchev–Trinajstić information content (AvgIpc) is 3.37. The number of aromatic nitrogens is 4. The van der Waals surface area contributed by atoms with Crippen LogP contribution < -0.4 is 14.8 Å². The third-order valence-electron chi connectivity index (χ3n) is 4.81. The molecule has 9 heteroatoms. The molecular formula is C21H19N5O3S. The second-order valence-corrected chi connectivity index (χ2v) is 8.05. The van der Waals surface area contributed by atoms with Crippen LogP contribution in [0.3, 0.4) is 0 Å². The lowest BCUT2D eigenvalue weighted by Crippen LogP contribution is -2.25. The molecular weight excluding hydrogens is 402 g/mol. The lowest BCUT2D eigenvalue weighted by atomic mass is 10.2. The lowest BCUT2D eigenvalue weighted by Gasteiger charge is -2.15. The summed E-state index contributed by atoms with van der Waals surface area (Å²) in [7, 11) is 0. The molecule has 0 fully saturated rings. The second kappa shape index (κ2) is 7.49. The molecule has 4 aromatic rings. The van der Waals surface area contributed by atoms with Crippen molar-refractivity contribution in [3.8, 4) is 11.5 Å². The average molecular weight is 421 g/mol. The molecule has 1 atom stereocenters. The summed E-state index contributed by atoms with van der Waals surface area (Å²) in [5, 5.41) is 8.68. The molecule has 8 nitrogen and oxygen atoms in total. The van der Waals surface area contributed by atoms with Crippen LogP contribution in [0.1, 0.15) is 19.2 Å². The Morgan fingerprint density at radius 3 is 2.90 bits per heavy atom. The van der Waals surface area contributed by atoms with E-state index in [1.54, 1.807) is 22.7 Å². The van der Waals surface area contributed by atoms with Gasteiger partial charge in [-0.05, 0) is 37.6 Å². The van der Waals surface area contributed by atoms with Gasteiger partial charge in [-0.25, -0.2) is 9.97 Å². The van der Waals surface area contributed by atoms with Crippen molar-refractivity contribution in [2.24, 2.45) is 0 Å². The minimum atomic E-state index is -0.350. The smallest absolute Gasteiger partial charge is 0.237 e. The first kappa shape index (κ1) is 18.7. The number of amides is 1. The summed E-state index contributed by atoms with van der Waals surface area (Å²) in [6.07, 6.45) is 0.630. The zero-order valence-electron chi connectivity index (χ0n) is 16.5. The molecule has 1 aliphatic heterocycles. The first-order valence-electron chi connectivity index (χ1n) is 9.61. The number of benzene rings is 2. The highest BCUT2D eigenvalue weighted by molar-refractivity contribution is 8.00. The molecule has 30 heavy (non-hydrogen) atoms. The zero-order valence-corrected chi connectivity index (χ0v) is 17.3. The van der Waals surface area contributed by atoms with Gasteiger partial charge in [0.1, 0.15) is 5.82 Å². The fraction of sp³-hybridized carbons (Fsp3) is 0.238. The van der Waals surface area contributed by atoms with Gasteiger partial charge in [-0.3, -0.25) is 4.79 Å². The molecule has 5 rings (SSSR count). The Kier molecular flexibility index (Phi) is 4.66. The van der Waals surface area contributed by atoms with Crippen molar-refractivity contribution in [1.29, 1.82) is 0 Å². The van der Waals surface area contributed by atoms with Crippen LogP contribution in [-0.4, -0.2) is 37.5 Å². The van der Waals surface area contributed by atoms with E-state index in [-0.39, 0.29) is 18.0 Å². The summed E-state index contributed by atoms with van der Waals surface area (Å²) in [4.78, 5) is 22.3. The largest absolute Gasteiger partial charge is 0.454 e. The number of fused-ring (bicyclic) bond motifs is 4. The number of hydrogen-bond acceptors (Lipinski definition) is 7. The summed E-state index contributed by atoms with van der Waals surface area (Å²) >= 11 is 1.38. The fourth-order valence-electron chi connectivity index (χ4n) is 3.36. The predicted octanol–water partition coefficient (Wildman–Crippen LogP) is 3.82. The van der Waals surface area contributed by atoms with E-state index < -0.39 is 0 Å². The van der Waals surface area contributed by atoms with Gasteiger partial charge in [0.2, 0.25) is 12.7 Å². The highest BCUT2D eigenvalue weighted by Crippen LogP contribution is 2.35. The molecule has 2 aromatic carbocycles. The number of thioether (sulfide) groups is 1. The van der Waals surface area contributed by atoms with Gasteiger partial charge in [0.25, 0.3) is 0 Å². The number of aryl methyl sites for hydroxylation is 1. The Hall–Kier alpha value is -3.33. The molecule has 0 unspecified atom stereocenters. The van der Waals surface area contributed by atoms with Crippen molar-refractivity contribution < 1.29 is 14.3 Å². The first-order valence-corrected chi connectivity index (χ1v) is 10.5. The molecule has 1 N–H and O–H groups in total. The molecule has 0 spiro atoms. The van der Waals surface area contributed by atoms with Crippen LogP contribution in [0.5, 0.6) is 11.5 Å². The Morgan fingerprint density at radius 2 is 2.03 bits per heavy atom. The number of nitrogens with one attached hydrogen (secondary N) is 1. The van der Waals surface area contributed by atoms with E-state index in [9.17, 15) is 4.79 Å². The summed E-state index contributed by atoms with van der Waals surface area (Å²) in [5.74, 6) is 1.86. The minimum absolute atomic E-state index is 0.110. The maximum Gasteiger partial charge on any atom is 0.237 e. The second-order valence-electron chi connectivity index (χ2n) is 6.88. The van der Waals surface area contributed by atoms with Crippen LogP contribution in [0.25, 0.3) is 16.6 Å². The van der Waals surface area contributed by atoms with Crippen molar-refractivity contribution in [3.05, 3.63) is 48.3 Å². The topological polar surface area (TPSA) is 90.6 Å². The van der Waals surface area contributed by atoms with E-state index in [1.807, 2.05) is 38.1 Å². The zero-order chi connectivity index (χ0) is 20.7. The molecule has 152 valence electrons. The third kappa shape index (κ3) is 3.30. The van der Waals surface area contributed by atoms with E-state index in [0.29, 0.717) is 34.6 Å². The maximum absolute atomic E-state index is 13.0. The van der Waals surface area contributed by atoms with Gasteiger partial charge in [-0.1, -0.05) is 30.8 Å². The van der Waals surface area contributed by atoms with Crippen LogP contribution in [0, 0.1) is 6.92 Å². The Labute approximate surface area is 176 Å². The Balaban J connectivity index is 1.44. The van der Waals surface area contributed by atoms with Gasteiger partial charge in [0.05, 0.1) is 10.8 Å². The van der Waals surface area contributed by atoms with Gasteiger partial charge in [0, 0.05) is 17.1 Å².